The van der Waals surface area contributed by atoms with Gasteiger partial charge in [-0.3, -0.25) is 14.5 Å². The van der Waals surface area contributed by atoms with Crippen LogP contribution in [0.5, 0.6) is 23.0 Å². The van der Waals surface area contributed by atoms with Gasteiger partial charge in [0.25, 0.3) is 11.8 Å². The van der Waals surface area contributed by atoms with Gasteiger partial charge in [-0.05, 0) is 29.8 Å². The molecular formula is C23H26N2O7. The number of ether oxygens (including phenoxy) is 5. The third kappa shape index (κ3) is 4.33. The summed E-state index contributed by atoms with van der Waals surface area (Å²) in [5, 5.41) is 3.09. The third-order valence-electron chi connectivity index (χ3n) is 5.03. The van der Waals surface area contributed by atoms with Gasteiger partial charge in [-0.2, -0.15) is 0 Å². The van der Waals surface area contributed by atoms with Crippen molar-refractivity contribution in [3.05, 3.63) is 47.7 Å². The van der Waals surface area contributed by atoms with Gasteiger partial charge in [-0.1, -0.05) is 6.07 Å². The zero-order valence-corrected chi connectivity index (χ0v) is 18.7. The Kier molecular flexibility index (Phi) is 7.21. The van der Waals surface area contributed by atoms with Gasteiger partial charge in [-0.15, -0.1) is 0 Å². The van der Waals surface area contributed by atoms with Crippen molar-refractivity contribution in [2.45, 2.75) is 0 Å². The van der Waals surface area contributed by atoms with Crippen LogP contribution >= 0.6 is 0 Å². The highest BCUT2D eigenvalue weighted by Gasteiger charge is 2.39. The van der Waals surface area contributed by atoms with E-state index in [1.807, 2.05) is 0 Å². The number of methoxy groups -OCH3 is 5. The molecule has 2 amide bonds. The number of carbonyl (C=O) groups is 2. The normalized spacial score (nSPS) is 13.5. The van der Waals surface area contributed by atoms with Crippen molar-refractivity contribution in [3.63, 3.8) is 0 Å². The topological polar surface area (TPSA) is 95.6 Å². The maximum absolute atomic E-state index is 13.3. The molecule has 2 aromatic carbocycles. The molecule has 1 aliphatic rings. The molecule has 0 aliphatic carbocycles. The molecule has 2 aromatic rings. The van der Waals surface area contributed by atoms with E-state index in [1.54, 1.807) is 36.4 Å². The van der Waals surface area contributed by atoms with E-state index in [0.29, 0.717) is 34.2 Å². The molecule has 170 valence electrons. The molecule has 0 bridgehead atoms. The van der Waals surface area contributed by atoms with Gasteiger partial charge in [-0.25, -0.2) is 0 Å². The molecule has 0 atom stereocenters. The van der Waals surface area contributed by atoms with E-state index in [9.17, 15) is 9.59 Å². The average Bonchev–Trinajstić information content (AvgIpc) is 3.05. The fraction of sp³-hybridized carbons (Fsp3) is 0.304. The zero-order chi connectivity index (χ0) is 23.3. The van der Waals surface area contributed by atoms with E-state index in [4.69, 9.17) is 23.7 Å². The minimum atomic E-state index is -0.471. The molecule has 1 N–H and O–H groups in total. The standard InChI is InChI=1S/C23H26N2O7/c1-28-11-10-25-22(26)20(14-6-8-18(31-4)19(12-14)32-5)21(23(25)27)24-16-13-15(29-2)7-9-17(16)30-3/h6-9,12-13,24H,10-11H2,1-5H3. The molecule has 0 spiro atoms. The quantitative estimate of drug-likeness (QED) is 0.561. The highest BCUT2D eigenvalue weighted by Crippen LogP contribution is 2.37. The average molecular weight is 442 g/mol. The first kappa shape index (κ1) is 23.0. The lowest BCUT2D eigenvalue weighted by molar-refractivity contribution is -0.137. The molecule has 9 nitrogen and oxygen atoms in total. The fourth-order valence-corrected chi connectivity index (χ4v) is 3.38. The monoisotopic (exact) mass is 442 g/mol. The third-order valence-corrected chi connectivity index (χ3v) is 5.03. The molecular weight excluding hydrogens is 416 g/mol. The number of hydrogen-bond acceptors (Lipinski definition) is 8. The highest BCUT2D eigenvalue weighted by atomic mass is 16.5. The summed E-state index contributed by atoms with van der Waals surface area (Å²) in [5.74, 6) is 1.08. The molecule has 0 fully saturated rings. The second kappa shape index (κ2) is 10.1. The lowest BCUT2D eigenvalue weighted by atomic mass is 10.0. The number of amides is 2. The van der Waals surface area contributed by atoms with Crippen molar-refractivity contribution in [2.24, 2.45) is 0 Å². The molecule has 0 saturated carbocycles. The molecule has 0 radical (unpaired) electrons. The predicted molar refractivity (Wildman–Crippen MR) is 118 cm³/mol. The van der Waals surface area contributed by atoms with Crippen LogP contribution in [0.2, 0.25) is 0 Å². The van der Waals surface area contributed by atoms with E-state index in [2.05, 4.69) is 5.32 Å². The van der Waals surface area contributed by atoms with Gasteiger partial charge in [0.05, 0.1) is 52.9 Å². The van der Waals surface area contributed by atoms with Crippen molar-refractivity contribution >= 4 is 23.1 Å². The first-order valence-electron chi connectivity index (χ1n) is 9.79. The summed E-state index contributed by atoms with van der Waals surface area (Å²) in [6, 6.07) is 10.2. The fourth-order valence-electron chi connectivity index (χ4n) is 3.38. The van der Waals surface area contributed by atoms with E-state index >= 15 is 0 Å². The van der Waals surface area contributed by atoms with Crippen LogP contribution in [0.3, 0.4) is 0 Å². The van der Waals surface area contributed by atoms with E-state index in [-0.39, 0.29) is 24.4 Å². The van der Waals surface area contributed by atoms with Crippen molar-refractivity contribution in [3.8, 4) is 23.0 Å². The molecule has 0 aromatic heterocycles. The Bertz CT molecular complexity index is 1050. The van der Waals surface area contributed by atoms with Crippen LogP contribution in [0.25, 0.3) is 5.57 Å². The Morgan fingerprint density at radius 2 is 1.47 bits per heavy atom. The van der Waals surface area contributed by atoms with Gasteiger partial charge < -0.3 is 29.0 Å². The van der Waals surface area contributed by atoms with Crippen molar-refractivity contribution in [2.75, 3.05) is 54.0 Å². The maximum Gasteiger partial charge on any atom is 0.278 e. The molecule has 1 aliphatic heterocycles. The molecule has 0 saturated heterocycles. The van der Waals surface area contributed by atoms with Crippen LogP contribution < -0.4 is 24.3 Å². The largest absolute Gasteiger partial charge is 0.497 e. The molecule has 32 heavy (non-hydrogen) atoms. The molecule has 1 heterocycles. The zero-order valence-electron chi connectivity index (χ0n) is 18.7. The lowest BCUT2D eigenvalue weighted by Gasteiger charge is -2.15. The smallest absolute Gasteiger partial charge is 0.278 e. The number of carbonyl (C=O) groups excluding carboxylic acids is 2. The number of benzene rings is 2. The van der Waals surface area contributed by atoms with Crippen LogP contribution in [0, 0.1) is 0 Å². The second-order valence-electron chi connectivity index (χ2n) is 6.77. The van der Waals surface area contributed by atoms with Gasteiger partial charge >= 0.3 is 0 Å². The number of rotatable bonds is 10. The summed E-state index contributed by atoms with van der Waals surface area (Å²) in [7, 11) is 7.59. The van der Waals surface area contributed by atoms with Gasteiger partial charge in [0, 0.05) is 13.2 Å². The summed E-state index contributed by atoms with van der Waals surface area (Å²) in [4.78, 5) is 27.7. The summed E-state index contributed by atoms with van der Waals surface area (Å²) in [5.41, 5.74) is 1.31. The minimum Gasteiger partial charge on any atom is -0.497 e. The van der Waals surface area contributed by atoms with Crippen LogP contribution in [0.1, 0.15) is 5.56 Å². The molecule has 9 heteroatoms. The number of nitrogens with one attached hydrogen (secondary N) is 1. The van der Waals surface area contributed by atoms with Crippen LogP contribution in [0.4, 0.5) is 5.69 Å². The van der Waals surface area contributed by atoms with E-state index in [0.717, 1.165) is 4.90 Å². The first-order chi connectivity index (χ1) is 15.5. The van der Waals surface area contributed by atoms with Gasteiger partial charge in [0.2, 0.25) is 0 Å². The predicted octanol–water partition coefficient (Wildman–Crippen LogP) is 2.56. The Balaban J connectivity index is 2.14. The number of anilines is 1. The van der Waals surface area contributed by atoms with Gasteiger partial charge in [0.15, 0.2) is 11.5 Å². The maximum atomic E-state index is 13.3. The Morgan fingerprint density at radius 3 is 2.09 bits per heavy atom. The SMILES string of the molecule is COCCN1C(=O)C(Nc2cc(OC)ccc2OC)=C(c2ccc(OC)c(OC)c2)C1=O. The summed E-state index contributed by atoms with van der Waals surface area (Å²) < 4.78 is 26.4. The number of nitrogens with zero attached hydrogens (tertiary/aromatic N) is 1. The first-order valence-corrected chi connectivity index (χ1v) is 9.79. The van der Waals surface area contributed by atoms with Crippen molar-refractivity contribution in [1.82, 2.24) is 4.90 Å². The Morgan fingerprint density at radius 1 is 0.781 bits per heavy atom. The number of hydrogen-bond donors (Lipinski definition) is 1. The van der Waals surface area contributed by atoms with Gasteiger partial charge in [0.1, 0.15) is 17.2 Å². The molecule has 3 rings (SSSR count). The van der Waals surface area contributed by atoms with Crippen LogP contribution in [0.15, 0.2) is 42.1 Å². The summed E-state index contributed by atoms with van der Waals surface area (Å²) in [6.45, 7) is 0.331. The van der Waals surface area contributed by atoms with Crippen molar-refractivity contribution < 1.29 is 33.3 Å². The lowest BCUT2D eigenvalue weighted by Crippen LogP contribution is -2.35. The second-order valence-corrected chi connectivity index (χ2v) is 6.77. The Hall–Kier alpha value is -3.72. The van der Waals surface area contributed by atoms with Crippen molar-refractivity contribution in [1.29, 1.82) is 0 Å². The van der Waals surface area contributed by atoms with Crippen LogP contribution in [-0.4, -0.2) is 65.4 Å². The highest BCUT2D eigenvalue weighted by molar-refractivity contribution is 6.36. The molecule has 0 unspecified atom stereocenters. The minimum absolute atomic E-state index is 0.116. The Labute approximate surface area is 186 Å². The van der Waals surface area contributed by atoms with Crippen LogP contribution in [-0.2, 0) is 14.3 Å². The summed E-state index contributed by atoms with van der Waals surface area (Å²) in [6.07, 6.45) is 0. The van der Waals surface area contributed by atoms with E-state index in [1.165, 1.54) is 35.5 Å². The number of imide groups is 1. The summed E-state index contributed by atoms with van der Waals surface area (Å²) >= 11 is 0. The van der Waals surface area contributed by atoms with E-state index < -0.39 is 11.8 Å².